The number of hydrogen-bond donors (Lipinski definition) is 1. The first-order valence-electron chi connectivity index (χ1n) is 8.03. The van der Waals surface area contributed by atoms with E-state index >= 15 is 0 Å². The molecule has 0 saturated heterocycles. The first kappa shape index (κ1) is 16.7. The van der Waals surface area contributed by atoms with Gasteiger partial charge < -0.3 is 14.6 Å². The Labute approximate surface area is 145 Å². The van der Waals surface area contributed by atoms with Crippen molar-refractivity contribution in [2.45, 2.75) is 12.8 Å². The number of carbonyl (C=O) groups excluding carboxylic acids is 1. The van der Waals surface area contributed by atoms with E-state index in [1.807, 2.05) is 54.6 Å². The van der Waals surface area contributed by atoms with E-state index in [4.69, 9.17) is 9.26 Å². The molecule has 1 N–H and O–H groups in total. The maximum Gasteiger partial charge on any atom is 0.228 e. The van der Waals surface area contributed by atoms with Crippen molar-refractivity contribution in [1.29, 1.82) is 0 Å². The van der Waals surface area contributed by atoms with Gasteiger partial charge in [-0.3, -0.25) is 4.79 Å². The fraction of sp³-hybridized carbons (Fsp3) is 0.211. The summed E-state index contributed by atoms with van der Waals surface area (Å²) in [4.78, 5) is 16.3. The van der Waals surface area contributed by atoms with Gasteiger partial charge in [0.1, 0.15) is 5.75 Å². The lowest BCUT2D eigenvalue weighted by Crippen LogP contribution is -2.27. The largest absolute Gasteiger partial charge is 0.496 e. The van der Waals surface area contributed by atoms with Crippen LogP contribution in [0.5, 0.6) is 5.75 Å². The second-order valence-corrected chi connectivity index (χ2v) is 5.47. The molecule has 0 saturated carbocycles. The maximum atomic E-state index is 11.9. The molecule has 128 valence electrons. The molecule has 3 aromatic rings. The Hall–Kier alpha value is -3.15. The van der Waals surface area contributed by atoms with Gasteiger partial charge in [-0.25, -0.2) is 0 Å². The molecule has 0 aliphatic heterocycles. The van der Waals surface area contributed by atoms with Crippen molar-refractivity contribution in [3.8, 4) is 17.1 Å². The smallest absolute Gasteiger partial charge is 0.228 e. The van der Waals surface area contributed by atoms with Gasteiger partial charge in [0, 0.05) is 13.0 Å². The molecule has 0 aliphatic carbocycles. The molecule has 6 heteroatoms. The predicted molar refractivity (Wildman–Crippen MR) is 93.1 cm³/mol. The second-order valence-electron chi connectivity index (χ2n) is 5.47. The molecule has 0 aliphatic rings. The van der Waals surface area contributed by atoms with Gasteiger partial charge in [-0.2, -0.15) is 4.98 Å². The highest BCUT2D eigenvalue weighted by atomic mass is 16.5. The Morgan fingerprint density at radius 2 is 1.88 bits per heavy atom. The summed E-state index contributed by atoms with van der Waals surface area (Å²) in [6.07, 6.45) is 0.833. The van der Waals surface area contributed by atoms with Crippen LogP contribution in [0.25, 0.3) is 11.4 Å². The number of nitrogens with one attached hydrogen (secondary N) is 1. The van der Waals surface area contributed by atoms with E-state index < -0.39 is 0 Å². The fourth-order valence-electron chi connectivity index (χ4n) is 2.45. The van der Waals surface area contributed by atoms with Crippen molar-refractivity contribution in [3.05, 3.63) is 66.1 Å². The molecule has 0 atom stereocenters. The molecule has 0 bridgehead atoms. The van der Waals surface area contributed by atoms with Gasteiger partial charge >= 0.3 is 0 Å². The lowest BCUT2D eigenvalue weighted by Gasteiger charge is -2.03. The zero-order valence-corrected chi connectivity index (χ0v) is 13.9. The topological polar surface area (TPSA) is 77.3 Å². The van der Waals surface area contributed by atoms with Crippen molar-refractivity contribution in [3.63, 3.8) is 0 Å². The summed E-state index contributed by atoms with van der Waals surface area (Å²) in [5.41, 5.74) is 1.75. The van der Waals surface area contributed by atoms with E-state index in [2.05, 4.69) is 15.5 Å². The Kier molecular flexibility index (Phi) is 5.41. The Bertz CT molecular complexity index is 831. The average Bonchev–Trinajstić information content (AvgIpc) is 3.11. The van der Waals surface area contributed by atoms with Crippen molar-refractivity contribution >= 4 is 5.91 Å². The quantitative estimate of drug-likeness (QED) is 0.717. The van der Waals surface area contributed by atoms with Crippen molar-refractivity contribution in [2.24, 2.45) is 0 Å². The lowest BCUT2D eigenvalue weighted by molar-refractivity contribution is -0.120. The number of aromatic nitrogens is 2. The number of para-hydroxylation sites is 1. The molecule has 6 nitrogen and oxygen atoms in total. The summed E-state index contributed by atoms with van der Waals surface area (Å²) in [5.74, 6) is 1.60. The third-order valence-electron chi connectivity index (χ3n) is 3.68. The van der Waals surface area contributed by atoms with Crippen molar-refractivity contribution in [2.75, 3.05) is 13.7 Å². The SMILES string of the molecule is COc1ccccc1-c1noc(CCNC(=O)Cc2ccccc2)n1. The molecule has 3 rings (SSSR count). The van der Waals surface area contributed by atoms with E-state index in [1.54, 1.807) is 7.11 Å². The van der Waals surface area contributed by atoms with Gasteiger partial charge in [-0.1, -0.05) is 47.6 Å². The molecule has 0 spiro atoms. The van der Waals surface area contributed by atoms with Gasteiger partial charge in [-0.15, -0.1) is 0 Å². The summed E-state index contributed by atoms with van der Waals surface area (Å²) in [6, 6.07) is 17.1. The molecule has 0 fully saturated rings. The molecule has 2 aromatic carbocycles. The molecule has 0 radical (unpaired) electrons. The minimum Gasteiger partial charge on any atom is -0.496 e. The summed E-state index contributed by atoms with van der Waals surface area (Å²) < 4.78 is 10.6. The summed E-state index contributed by atoms with van der Waals surface area (Å²) in [7, 11) is 1.60. The number of ether oxygens (including phenoxy) is 1. The monoisotopic (exact) mass is 337 g/mol. The zero-order chi connectivity index (χ0) is 17.5. The highest BCUT2D eigenvalue weighted by molar-refractivity contribution is 5.78. The molecule has 25 heavy (non-hydrogen) atoms. The number of nitrogens with zero attached hydrogens (tertiary/aromatic N) is 2. The van der Waals surface area contributed by atoms with Crippen LogP contribution in [-0.2, 0) is 17.6 Å². The van der Waals surface area contributed by atoms with Crippen LogP contribution < -0.4 is 10.1 Å². The standard InChI is InChI=1S/C19H19N3O3/c1-24-16-10-6-5-9-15(16)19-21-18(25-22-19)11-12-20-17(23)13-14-7-3-2-4-8-14/h2-10H,11-13H2,1H3,(H,20,23). The number of benzene rings is 2. The number of carbonyl (C=O) groups is 1. The van der Waals surface area contributed by atoms with E-state index in [9.17, 15) is 4.79 Å². The highest BCUT2D eigenvalue weighted by Gasteiger charge is 2.13. The van der Waals surface area contributed by atoms with Crippen LogP contribution in [-0.4, -0.2) is 29.7 Å². The minimum atomic E-state index is -0.0318. The number of methoxy groups -OCH3 is 1. The van der Waals surface area contributed by atoms with E-state index in [0.29, 0.717) is 36.9 Å². The lowest BCUT2D eigenvalue weighted by atomic mass is 10.1. The molecule has 1 amide bonds. The average molecular weight is 337 g/mol. The van der Waals surface area contributed by atoms with E-state index in [1.165, 1.54) is 0 Å². The first-order chi connectivity index (χ1) is 12.3. The fourth-order valence-corrected chi connectivity index (χ4v) is 2.45. The molecular formula is C19H19N3O3. The van der Waals surface area contributed by atoms with Crippen LogP contribution >= 0.6 is 0 Å². The van der Waals surface area contributed by atoms with Gasteiger partial charge in [0.15, 0.2) is 0 Å². The van der Waals surface area contributed by atoms with Crippen LogP contribution in [0.15, 0.2) is 59.1 Å². The van der Waals surface area contributed by atoms with Crippen LogP contribution in [0.1, 0.15) is 11.5 Å². The third-order valence-corrected chi connectivity index (χ3v) is 3.68. The van der Waals surface area contributed by atoms with E-state index in [0.717, 1.165) is 11.1 Å². The van der Waals surface area contributed by atoms with Crippen molar-refractivity contribution in [1.82, 2.24) is 15.5 Å². The van der Waals surface area contributed by atoms with Gasteiger partial charge in [0.05, 0.1) is 19.1 Å². The Balaban J connectivity index is 1.53. The summed E-state index contributed by atoms with van der Waals surface area (Å²) in [5, 5.41) is 6.84. The summed E-state index contributed by atoms with van der Waals surface area (Å²) >= 11 is 0. The minimum absolute atomic E-state index is 0.0318. The highest BCUT2D eigenvalue weighted by Crippen LogP contribution is 2.26. The van der Waals surface area contributed by atoms with Crippen LogP contribution in [0, 0.1) is 0 Å². The Morgan fingerprint density at radius 3 is 2.68 bits per heavy atom. The normalized spacial score (nSPS) is 10.4. The maximum absolute atomic E-state index is 11.9. The van der Waals surface area contributed by atoms with Gasteiger partial charge in [0.2, 0.25) is 17.6 Å². The molecule has 1 heterocycles. The third kappa shape index (κ3) is 4.44. The van der Waals surface area contributed by atoms with Crippen LogP contribution in [0.4, 0.5) is 0 Å². The molecule has 0 unspecified atom stereocenters. The summed E-state index contributed by atoms with van der Waals surface area (Å²) in [6.45, 7) is 0.444. The predicted octanol–water partition coefficient (Wildman–Crippen LogP) is 2.65. The van der Waals surface area contributed by atoms with Crippen LogP contribution in [0.3, 0.4) is 0 Å². The molecule has 1 aromatic heterocycles. The van der Waals surface area contributed by atoms with Gasteiger partial charge in [-0.05, 0) is 17.7 Å². The van der Waals surface area contributed by atoms with E-state index in [-0.39, 0.29) is 5.91 Å². The zero-order valence-electron chi connectivity index (χ0n) is 13.9. The second kappa shape index (κ2) is 8.10. The Morgan fingerprint density at radius 1 is 1.12 bits per heavy atom. The first-order valence-corrected chi connectivity index (χ1v) is 8.03. The molecular weight excluding hydrogens is 318 g/mol. The van der Waals surface area contributed by atoms with Gasteiger partial charge in [0.25, 0.3) is 0 Å². The number of rotatable bonds is 7. The number of hydrogen-bond acceptors (Lipinski definition) is 5. The van der Waals surface area contributed by atoms with Crippen molar-refractivity contribution < 1.29 is 14.1 Å². The van der Waals surface area contributed by atoms with Crippen LogP contribution in [0.2, 0.25) is 0 Å². The number of amides is 1.